The Hall–Kier alpha value is -0.810. The van der Waals surface area contributed by atoms with E-state index in [1.165, 1.54) is 41.5 Å². The van der Waals surface area contributed by atoms with Gasteiger partial charge in [-0.25, -0.2) is 9.89 Å². The van der Waals surface area contributed by atoms with E-state index in [-0.39, 0.29) is 4.90 Å². The van der Waals surface area contributed by atoms with Crippen LogP contribution < -0.4 is 0 Å². The van der Waals surface area contributed by atoms with Crippen LogP contribution in [0.15, 0.2) is 4.99 Å². The van der Waals surface area contributed by atoms with Gasteiger partial charge >= 0.3 is 6.30 Å². The standard InChI is InChI=1S/C10H18F4N2/c1-8(2,3)15-7(11)16(9(4,5)6)10(12,13)14/h1-6H3. The van der Waals surface area contributed by atoms with Crippen molar-refractivity contribution in [3.05, 3.63) is 0 Å². The summed E-state index contributed by atoms with van der Waals surface area (Å²) in [6.07, 6.45) is -6.29. The van der Waals surface area contributed by atoms with Crippen LogP contribution >= 0.6 is 0 Å². The summed E-state index contributed by atoms with van der Waals surface area (Å²) < 4.78 is 51.5. The van der Waals surface area contributed by atoms with Gasteiger partial charge in [-0.15, -0.1) is 13.2 Å². The van der Waals surface area contributed by atoms with Gasteiger partial charge in [-0.2, -0.15) is 4.39 Å². The van der Waals surface area contributed by atoms with Crippen LogP contribution in [0.1, 0.15) is 41.5 Å². The lowest BCUT2D eigenvalue weighted by Gasteiger charge is -2.36. The lowest BCUT2D eigenvalue weighted by atomic mass is 10.1. The number of amidine groups is 1. The second kappa shape index (κ2) is 4.22. The molecule has 0 aliphatic rings. The zero-order valence-electron chi connectivity index (χ0n) is 10.4. The van der Waals surface area contributed by atoms with Gasteiger partial charge in [0.25, 0.3) is 6.09 Å². The van der Waals surface area contributed by atoms with E-state index >= 15 is 0 Å². The van der Waals surface area contributed by atoms with Gasteiger partial charge in [0, 0.05) is 5.54 Å². The van der Waals surface area contributed by atoms with Crippen LogP contribution in [0.4, 0.5) is 17.6 Å². The summed E-state index contributed by atoms with van der Waals surface area (Å²) >= 11 is 0. The van der Waals surface area contributed by atoms with Crippen molar-refractivity contribution in [1.29, 1.82) is 0 Å². The highest BCUT2D eigenvalue weighted by Gasteiger charge is 2.47. The Kier molecular flexibility index (Phi) is 4.01. The van der Waals surface area contributed by atoms with Crippen LogP contribution in [0.5, 0.6) is 0 Å². The maximum atomic E-state index is 13.5. The number of halogens is 4. The fourth-order valence-corrected chi connectivity index (χ4v) is 1.09. The highest BCUT2D eigenvalue weighted by atomic mass is 19.4. The minimum Gasteiger partial charge on any atom is -0.239 e. The van der Waals surface area contributed by atoms with Crippen molar-refractivity contribution in [2.45, 2.75) is 58.9 Å². The molecule has 0 aromatic heterocycles. The summed E-state index contributed by atoms with van der Waals surface area (Å²) in [6, 6.07) is 0. The van der Waals surface area contributed by atoms with Crippen LogP contribution in [0.3, 0.4) is 0 Å². The smallest absolute Gasteiger partial charge is 0.239 e. The monoisotopic (exact) mass is 242 g/mol. The van der Waals surface area contributed by atoms with E-state index in [9.17, 15) is 17.6 Å². The molecular weight excluding hydrogens is 224 g/mol. The third-order valence-corrected chi connectivity index (χ3v) is 1.54. The number of alkyl halides is 3. The predicted molar refractivity (Wildman–Crippen MR) is 55.9 cm³/mol. The van der Waals surface area contributed by atoms with Gasteiger partial charge in [-0.05, 0) is 41.5 Å². The van der Waals surface area contributed by atoms with Crippen LogP contribution in [0.2, 0.25) is 0 Å². The highest BCUT2D eigenvalue weighted by Crippen LogP contribution is 2.31. The van der Waals surface area contributed by atoms with E-state index in [2.05, 4.69) is 4.99 Å². The number of rotatable bonds is 0. The Labute approximate surface area is 93.3 Å². The first-order chi connectivity index (χ1) is 6.75. The first kappa shape index (κ1) is 15.2. The van der Waals surface area contributed by atoms with Gasteiger partial charge in [0.15, 0.2) is 0 Å². The average molecular weight is 242 g/mol. The van der Waals surface area contributed by atoms with Gasteiger partial charge in [-0.3, -0.25) is 0 Å². The van der Waals surface area contributed by atoms with Gasteiger partial charge in [0.1, 0.15) is 0 Å². The molecule has 16 heavy (non-hydrogen) atoms. The molecule has 0 atom stereocenters. The third kappa shape index (κ3) is 4.81. The summed E-state index contributed by atoms with van der Waals surface area (Å²) in [4.78, 5) is 3.13. The molecule has 0 heterocycles. The molecule has 0 N–H and O–H groups in total. The molecule has 0 aliphatic heterocycles. The first-order valence-electron chi connectivity index (χ1n) is 4.87. The number of hydrogen-bond donors (Lipinski definition) is 0. The minimum atomic E-state index is -4.78. The van der Waals surface area contributed by atoms with Crippen molar-refractivity contribution in [2.24, 2.45) is 4.99 Å². The molecule has 0 amide bonds. The summed E-state index contributed by atoms with van der Waals surface area (Å²) in [5.74, 6) is 0. The van der Waals surface area contributed by atoms with Gasteiger partial charge in [0.05, 0.1) is 5.54 Å². The maximum absolute atomic E-state index is 13.5. The molecular formula is C10H18F4N2. The molecule has 0 fully saturated rings. The van der Waals surface area contributed by atoms with Crippen LogP contribution in [0.25, 0.3) is 0 Å². The third-order valence-electron chi connectivity index (χ3n) is 1.54. The van der Waals surface area contributed by atoms with E-state index in [1.54, 1.807) is 0 Å². The van der Waals surface area contributed by atoms with E-state index in [0.29, 0.717) is 0 Å². The molecule has 0 aliphatic carbocycles. The fourth-order valence-electron chi connectivity index (χ4n) is 1.09. The summed E-state index contributed by atoms with van der Waals surface area (Å²) in [7, 11) is 0. The number of hydrogen-bond acceptors (Lipinski definition) is 1. The van der Waals surface area contributed by atoms with Gasteiger partial charge < -0.3 is 0 Å². The first-order valence-corrected chi connectivity index (χ1v) is 4.87. The quantitative estimate of drug-likeness (QED) is 0.273. The summed E-state index contributed by atoms with van der Waals surface area (Å²) in [5.41, 5.74) is -2.30. The van der Waals surface area contributed by atoms with Crippen molar-refractivity contribution in [1.82, 2.24) is 4.90 Å². The molecule has 0 spiro atoms. The van der Waals surface area contributed by atoms with Crippen molar-refractivity contribution >= 4 is 6.09 Å². The molecule has 2 nitrogen and oxygen atoms in total. The lowest BCUT2D eigenvalue weighted by molar-refractivity contribution is -0.242. The molecule has 0 saturated heterocycles. The van der Waals surface area contributed by atoms with E-state index < -0.39 is 23.5 Å². The second-order valence-electron chi connectivity index (χ2n) is 5.53. The maximum Gasteiger partial charge on any atom is 0.488 e. The Balaban J connectivity index is 5.33. The van der Waals surface area contributed by atoms with Crippen molar-refractivity contribution in [3.8, 4) is 0 Å². The SMILES string of the molecule is CC(C)(C)N=C(F)N(C(C)(C)C)C(F)(F)F. The number of nitrogens with zero attached hydrogens (tertiary/aromatic N) is 2. The molecule has 6 heteroatoms. The Morgan fingerprint density at radius 3 is 1.50 bits per heavy atom. The molecule has 0 saturated carbocycles. The van der Waals surface area contributed by atoms with Crippen molar-refractivity contribution in [2.75, 3.05) is 0 Å². The summed E-state index contributed by atoms with van der Waals surface area (Å²) in [5, 5.41) is 0. The normalized spacial score (nSPS) is 15.2. The molecule has 0 aromatic carbocycles. The average Bonchev–Trinajstić information content (AvgIpc) is 1.70. The second-order valence-corrected chi connectivity index (χ2v) is 5.53. The fraction of sp³-hybridized carbons (Fsp3) is 0.900. The minimum absolute atomic E-state index is 0.273. The topological polar surface area (TPSA) is 15.6 Å². The van der Waals surface area contributed by atoms with Crippen molar-refractivity contribution < 1.29 is 17.6 Å². The Bertz CT molecular complexity index is 254. The molecule has 0 radical (unpaired) electrons. The Morgan fingerprint density at radius 2 is 1.31 bits per heavy atom. The molecule has 96 valence electrons. The summed E-state index contributed by atoms with van der Waals surface area (Å²) in [6.45, 7) is 8.42. The van der Waals surface area contributed by atoms with E-state index in [4.69, 9.17) is 0 Å². The number of aliphatic imine (C=N–C) groups is 1. The molecule has 0 unspecified atom stereocenters. The van der Waals surface area contributed by atoms with Gasteiger partial charge in [0.2, 0.25) is 0 Å². The molecule has 0 aromatic rings. The largest absolute Gasteiger partial charge is 0.488 e. The highest BCUT2D eigenvalue weighted by molar-refractivity contribution is 5.74. The lowest BCUT2D eigenvalue weighted by Crippen LogP contribution is -2.53. The molecule has 0 bridgehead atoms. The van der Waals surface area contributed by atoms with Crippen LogP contribution in [-0.2, 0) is 0 Å². The Morgan fingerprint density at radius 1 is 0.938 bits per heavy atom. The van der Waals surface area contributed by atoms with Crippen molar-refractivity contribution in [3.63, 3.8) is 0 Å². The van der Waals surface area contributed by atoms with Crippen LogP contribution in [-0.4, -0.2) is 28.4 Å². The molecule has 0 rings (SSSR count). The van der Waals surface area contributed by atoms with Gasteiger partial charge in [-0.1, -0.05) is 0 Å². The predicted octanol–water partition coefficient (Wildman–Crippen LogP) is 3.73. The van der Waals surface area contributed by atoms with E-state index in [0.717, 1.165) is 0 Å². The zero-order valence-corrected chi connectivity index (χ0v) is 10.4. The van der Waals surface area contributed by atoms with E-state index in [1.807, 2.05) is 0 Å². The zero-order chi connectivity index (χ0) is 13.4. The van der Waals surface area contributed by atoms with Crippen LogP contribution in [0, 0.1) is 0 Å².